The fourth-order valence-electron chi connectivity index (χ4n) is 3.28. The van der Waals surface area contributed by atoms with Crippen molar-refractivity contribution in [3.63, 3.8) is 0 Å². The van der Waals surface area contributed by atoms with E-state index in [2.05, 4.69) is 0 Å². The lowest BCUT2D eigenvalue weighted by atomic mass is 9.82. The fraction of sp³-hybridized carbons (Fsp3) is 0.0526. The van der Waals surface area contributed by atoms with Crippen LogP contribution in [-0.2, 0) is 14.9 Å². The highest BCUT2D eigenvalue weighted by Crippen LogP contribution is 2.56. The van der Waals surface area contributed by atoms with Gasteiger partial charge in [0, 0.05) is 31.8 Å². The molecule has 3 aromatic carbocycles. The number of phenolic OH excluding ortho intramolecular Hbond substituents is 2. The van der Waals surface area contributed by atoms with Crippen molar-refractivity contribution in [3.8, 4) is 11.5 Å². The summed E-state index contributed by atoms with van der Waals surface area (Å²) in [6.45, 7) is 0. The minimum atomic E-state index is -5.25. The van der Waals surface area contributed by atoms with E-state index in [0.29, 0.717) is 0 Å². The smallest absolute Gasteiger partial charge is 0.283 e. The molecule has 3 rings (SSSR count). The average molecular weight is 494 g/mol. The van der Waals surface area contributed by atoms with E-state index in [4.69, 9.17) is 46.4 Å². The number of phenols is 2. The Morgan fingerprint density at radius 2 is 1.24 bits per heavy atom. The van der Waals surface area contributed by atoms with Crippen molar-refractivity contribution in [2.24, 2.45) is 0 Å². The lowest BCUT2D eigenvalue weighted by Gasteiger charge is -2.35. The Balaban J connectivity index is 2.73. The van der Waals surface area contributed by atoms with Gasteiger partial charge in [0.25, 0.3) is 10.1 Å². The molecule has 1 unspecified atom stereocenters. The van der Waals surface area contributed by atoms with Gasteiger partial charge < -0.3 is 10.2 Å². The maximum absolute atomic E-state index is 13.0. The molecule has 10 heteroatoms. The van der Waals surface area contributed by atoms with Crippen LogP contribution in [-0.4, -0.2) is 23.2 Å². The molecule has 0 saturated heterocycles. The largest absolute Gasteiger partial charge is 0.508 e. The predicted molar refractivity (Wildman–Crippen MR) is 114 cm³/mol. The fourth-order valence-corrected chi connectivity index (χ4v) is 5.88. The third-order valence-corrected chi connectivity index (χ3v) is 7.08. The molecule has 29 heavy (non-hydrogen) atoms. The van der Waals surface area contributed by atoms with Crippen molar-refractivity contribution in [2.75, 3.05) is 0 Å². The first-order valence-electron chi connectivity index (χ1n) is 7.91. The Morgan fingerprint density at radius 3 is 1.83 bits per heavy atom. The maximum atomic E-state index is 13.0. The van der Waals surface area contributed by atoms with Gasteiger partial charge in [0.05, 0.1) is 5.02 Å². The summed E-state index contributed by atoms with van der Waals surface area (Å²) in [7, 11) is -5.25. The number of rotatable bonds is 4. The van der Waals surface area contributed by atoms with E-state index in [-0.39, 0.29) is 25.7 Å². The topological polar surface area (TPSA) is 94.8 Å². The molecule has 0 aliphatic heterocycles. The summed E-state index contributed by atoms with van der Waals surface area (Å²) in [6, 6.07) is 12.0. The van der Waals surface area contributed by atoms with Crippen LogP contribution in [0.5, 0.6) is 11.5 Å². The van der Waals surface area contributed by atoms with Crippen LogP contribution in [0, 0.1) is 0 Å². The van der Waals surface area contributed by atoms with Gasteiger partial charge in [0.15, 0.2) is 4.75 Å². The number of hydrogen-bond acceptors (Lipinski definition) is 4. The highest BCUT2D eigenvalue weighted by Gasteiger charge is 2.55. The molecule has 0 bridgehead atoms. The molecule has 3 N–H and O–H groups in total. The highest BCUT2D eigenvalue weighted by atomic mass is 35.5. The zero-order valence-corrected chi connectivity index (χ0v) is 18.1. The van der Waals surface area contributed by atoms with Gasteiger partial charge in [0.1, 0.15) is 11.5 Å². The van der Waals surface area contributed by atoms with Crippen LogP contribution >= 0.6 is 46.4 Å². The molecule has 0 aliphatic carbocycles. The molecule has 1 atom stereocenters. The summed E-state index contributed by atoms with van der Waals surface area (Å²) in [5, 5.41) is 20.5. The van der Waals surface area contributed by atoms with Crippen molar-refractivity contribution in [1.82, 2.24) is 0 Å². The summed E-state index contributed by atoms with van der Waals surface area (Å²) in [5.74, 6) is -1.30. The van der Waals surface area contributed by atoms with Crippen molar-refractivity contribution in [1.29, 1.82) is 0 Å². The van der Waals surface area contributed by atoms with E-state index in [0.717, 1.165) is 0 Å². The quantitative estimate of drug-likeness (QED) is 0.311. The molecule has 0 spiro atoms. The van der Waals surface area contributed by atoms with Crippen LogP contribution < -0.4 is 0 Å². The minimum absolute atomic E-state index is 0.0973. The van der Waals surface area contributed by atoms with Crippen molar-refractivity contribution in [2.45, 2.75) is 4.75 Å². The summed E-state index contributed by atoms with van der Waals surface area (Å²) < 4.78 is 33.9. The molecular weight excluding hydrogens is 482 g/mol. The van der Waals surface area contributed by atoms with Gasteiger partial charge in [0.2, 0.25) is 0 Å². The van der Waals surface area contributed by atoms with Crippen LogP contribution in [0.25, 0.3) is 0 Å². The first-order chi connectivity index (χ1) is 13.5. The molecule has 0 aliphatic rings. The zero-order chi connectivity index (χ0) is 21.6. The van der Waals surface area contributed by atoms with Crippen molar-refractivity contribution >= 4 is 56.5 Å². The number of aromatic hydroxyl groups is 2. The van der Waals surface area contributed by atoms with Crippen LogP contribution in [0.1, 0.15) is 16.7 Å². The van der Waals surface area contributed by atoms with Gasteiger partial charge in [-0.15, -0.1) is 0 Å². The lowest BCUT2D eigenvalue weighted by Crippen LogP contribution is -2.39. The molecule has 0 radical (unpaired) electrons. The molecule has 0 aromatic heterocycles. The molecule has 0 fully saturated rings. The van der Waals surface area contributed by atoms with Gasteiger partial charge in [-0.25, -0.2) is 0 Å². The van der Waals surface area contributed by atoms with Crippen LogP contribution in [0.2, 0.25) is 20.1 Å². The van der Waals surface area contributed by atoms with Crippen molar-refractivity contribution in [3.05, 3.63) is 91.4 Å². The molecule has 0 amide bonds. The molecule has 0 saturated carbocycles. The van der Waals surface area contributed by atoms with Gasteiger partial charge in [-0.1, -0.05) is 70.7 Å². The highest BCUT2D eigenvalue weighted by molar-refractivity contribution is 7.87. The molecule has 152 valence electrons. The molecule has 3 aromatic rings. The molecule has 5 nitrogen and oxygen atoms in total. The predicted octanol–water partition coefficient (Wildman–Crippen LogP) is 5.89. The Bertz CT molecular complexity index is 1190. The summed E-state index contributed by atoms with van der Waals surface area (Å²) in [6.07, 6.45) is 0. The number of hydrogen-bond donors (Lipinski definition) is 3. The zero-order valence-electron chi connectivity index (χ0n) is 14.3. The number of halogens is 4. The monoisotopic (exact) mass is 492 g/mol. The lowest BCUT2D eigenvalue weighted by molar-refractivity contribution is 0.428. The van der Waals surface area contributed by atoms with Crippen LogP contribution in [0.15, 0.2) is 54.6 Å². The van der Waals surface area contributed by atoms with E-state index in [1.165, 1.54) is 54.6 Å². The maximum Gasteiger partial charge on any atom is 0.283 e. The second kappa shape index (κ2) is 7.87. The Labute approximate surface area is 186 Å². The van der Waals surface area contributed by atoms with E-state index in [1.54, 1.807) is 0 Å². The number of benzene rings is 3. The minimum Gasteiger partial charge on any atom is -0.508 e. The third kappa shape index (κ3) is 3.44. The SMILES string of the molecule is O=S(=O)(O)C(c1ccccc1Cl)(c1c(O)cccc1Cl)c1c(Cl)ccc(Cl)c1O. The standard InChI is InChI=1S/C19H12Cl4O5S/c20-11-5-2-1-4-10(11)19(29(26,27)28,16-12(21)6-3-7-15(16)24)17-13(22)8-9-14(23)18(17)25/h1-9,24-25H,(H,26,27,28). The first-order valence-corrected chi connectivity index (χ1v) is 10.9. The van der Waals surface area contributed by atoms with Gasteiger partial charge in [-0.05, 0) is 30.3 Å². The second-order valence-corrected chi connectivity index (χ2v) is 9.21. The second-order valence-electron chi connectivity index (χ2n) is 6.02. The van der Waals surface area contributed by atoms with Crippen molar-refractivity contribution < 1.29 is 23.2 Å². The van der Waals surface area contributed by atoms with E-state index < -0.39 is 37.5 Å². The van der Waals surface area contributed by atoms with E-state index >= 15 is 0 Å². The van der Waals surface area contributed by atoms with Gasteiger partial charge in [-0.3, -0.25) is 4.55 Å². The third-order valence-electron chi connectivity index (χ3n) is 4.41. The first kappa shape index (κ1) is 22.0. The Morgan fingerprint density at radius 1 is 0.690 bits per heavy atom. The summed E-state index contributed by atoms with van der Waals surface area (Å²) in [4.78, 5) is 0. The van der Waals surface area contributed by atoms with E-state index in [1.807, 2.05) is 0 Å². The average Bonchev–Trinajstić information content (AvgIpc) is 2.63. The summed E-state index contributed by atoms with van der Waals surface area (Å²) in [5.41, 5.74) is -1.16. The van der Waals surface area contributed by atoms with Crippen LogP contribution in [0.4, 0.5) is 0 Å². The van der Waals surface area contributed by atoms with Crippen LogP contribution in [0.3, 0.4) is 0 Å². The normalized spacial score (nSPS) is 13.8. The summed E-state index contributed by atoms with van der Waals surface area (Å²) >= 11 is 24.9. The van der Waals surface area contributed by atoms with Gasteiger partial charge >= 0.3 is 0 Å². The molecular formula is C19H12Cl4O5S. The Kier molecular flexibility index (Phi) is 5.98. The Hall–Kier alpha value is -1.67. The van der Waals surface area contributed by atoms with E-state index in [9.17, 15) is 23.2 Å². The van der Waals surface area contributed by atoms with Gasteiger partial charge in [-0.2, -0.15) is 8.42 Å². The molecule has 0 heterocycles.